The summed E-state index contributed by atoms with van der Waals surface area (Å²) in [4.78, 5) is 4.67. The van der Waals surface area contributed by atoms with Crippen LogP contribution in [0.3, 0.4) is 0 Å². The van der Waals surface area contributed by atoms with Gasteiger partial charge in [0.2, 0.25) is 0 Å². The van der Waals surface area contributed by atoms with Crippen LogP contribution in [0.5, 0.6) is 0 Å². The molecule has 0 aliphatic heterocycles. The smallest absolute Gasteiger partial charge is 0.0639 e. The first-order valence-corrected chi connectivity index (χ1v) is 5.51. The third kappa shape index (κ3) is 2.69. The molecule has 0 aromatic heterocycles. The molecule has 0 N–H and O–H groups in total. The summed E-state index contributed by atoms with van der Waals surface area (Å²) in [6.45, 7) is 0.871. The molecule has 2 rings (SSSR count). The Bertz CT molecular complexity index is 292. The maximum absolute atomic E-state index is 4.67. The Morgan fingerprint density at radius 3 is 2.36 bits per heavy atom. The van der Waals surface area contributed by atoms with Crippen LogP contribution in [-0.2, 0) is 6.54 Å². The van der Waals surface area contributed by atoms with E-state index >= 15 is 0 Å². The molecule has 1 nitrogen and oxygen atoms in total. The van der Waals surface area contributed by atoms with Crippen molar-refractivity contribution in [1.29, 1.82) is 0 Å². The summed E-state index contributed by atoms with van der Waals surface area (Å²) < 4.78 is 0. The number of benzene rings is 1. The monoisotopic (exact) mass is 187 g/mol. The van der Waals surface area contributed by atoms with Gasteiger partial charge in [-0.05, 0) is 31.2 Å². The summed E-state index contributed by atoms with van der Waals surface area (Å²) in [5.74, 6) is 0. The molecule has 0 amide bonds. The van der Waals surface area contributed by atoms with E-state index in [9.17, 15) is 0 Å². The first kappa shape index (κ1) is 9.45. The summed E-state index contributed by atoms with van der Waals surface area (Å²) in [6.07, 6.45) is 6.53. The number of rotatable bonds is 2. The molecular formula is C13H17N. The first-order chi connectivity index (χ1) is 6.95. The minimum absolute atomic E-state index is 0.871. The lowest BCUT2D eigenvalue weighted by Crippen LogP contribution is -2.04. The maximum atomic E-state index is 4.67. The van der Waals surface area contributed by atoms with Gasteiger partial charge in [-0.15, -0.1) is 0 Å². The van der Waals surface area contributed by atoms with Gasteiger partial charge < -0.3 is 0 Å². The maximum Gasteiger partial charge on any atom is 0.0639 e. The Labute approximate surface area is 85.9 Å². The zero-order chi connectivity index (χ0) is 9.64. The number of nitrogens with zero attached hydrogens (tertiary/aromatic N) is 1. The SMILES string of the molecule is c1ccc(CN=C2CCCCC2)cc1. The van der Waals surface area contributed by atoms with Gasteiger partial charge in [-0.25, -0.2) is 0 Å². The molecule has 1 aliphatic carbocycles. The number of hydrogen-bond acceptors (Lipinski definition) is 1. The Morgan fingerprint density at radius 2 is 1.64 bits per heavy atom. The molecule has 1 aromatic rings. The van der Waals surface area contributed by atoms with Gasteiger partial charge in [0.25, 0.3) is 0 Å². The summed E-state index contributed by atoms with van der Waals surface area (Å²) in [6, 6.07) is 10.5. The van der Waals surface area contributed by atoms with Gasteiger partial charge in [0.15, 0.2) is 0 Å². The van der Waals surface area contributed by atoms with Crippen LogP contribution in [0.1, 0.15) is 37.7 Å². The van der Waals surface area contributed by atoms with Gasteiger partial charge in [-0.3, -0.25) is 4.99 Å². The second-order valence-electron chi connectivity index (χ2n) is 3.93. The molecule has 0 bridgehead atoms. The molecule has 0 saturated heterocycles. The summed E-state index contributed by atoms with van der Waals surface area (Å²) in [5.41, 5.74) is 2.76. The third-order valence-corrected chi connectivity index (χ3v) is 2.76. The average molecular weight is 187 g/mol. The Hall–Kier alpha value is -1.11. The molecule has 0 radical (unpaired) electrons. The van der Waals surface area contributed by atoms with Crippen molar-refractivity contribution in [3.63, 3.8) is 0 Å². The highest BCUT2D eigenvalue weighted by Gasteiger charge is 2.05. The highest BCUT2D eigenvalue weighted by molar-refractivity contribution is 5.84. The highest BCUT2D eigenvalue weighted by Crippen LogP contribution is 2.15. The fourth-order valence-electron chi connectivity index (χ4n) is 1.90. The second-order valence-corrected chi connectivity index (χ2v) is 3.93. The molecule has 1 heteroatoms. The van der Waals surface area contributed by atoms with E-state index in [4.69, 9.17) is 0 Å². The summed E-state index contributed by atoms with van der Waals surface area (Å²) in [7, 11) is 0. The third-order valence-electron chi connectivity index (χ3n) is 2.76. The van der Waals surface area contributed by atoms with Crippen molar-refractivity contribution in [3.8, 4) is 0 Å². The van der Waals surface area contributed by atoms with Gasteiger partial charge in [0.1, 0.15) is 0 Å². The Balaban J connectivity index is 1.92. The van der Waals surface area contributed by atoms with Crippen LogP contribution in [0.4, 0.5) is 0 Å². The molecule has 1 saturated carbocycles. The molecule has 0 spiro atoms. The van der Waals surface area contributed by atoms with Crippen molar-refractivity contribution in [2.75, 3.05) is 0 Å². The minimum Gasteiger partial charge on any atom is -0.289 e. The van der Waals surface area contributed by atoms with Crippen molar-refractivity contribution in [3.05, 3.63) is 35.9 Å². The lowest BCUT2D eigenvalue weighted by Gasteiger charge is -2.12. The summed E-state index contributed by atoms with van der Waals surface area (Å²) in [5, 5.41) is 0. The van der Waals surface area contributed by atoms with Gasteiger partial charge in [0, 0.05) is 5.71 Å². The van der Waals surface area contributed by atoms with E-state index in [0.29, 0.717) is 0 Å². The van der Waals surface area contributed by atoms with Crippen molar-refractivity contribution < 1.29 is 0 Å². The Morgan fingerprint density at radius 1 is 0.929 bits per heavy atom. The van der Waals surface area contributed by atoms with E-state index in [-0.39, 0.29) is 0 Å². The molecule has 14 heavy (non-hydrogen) atoms. The van der Waals surface area contributed by atoms with Crippen molar-refractivity contribution in [2.24, 2.45) is 4.99 Å². The van der Waals surface area contributed by atoms with E-state index < -0.39 is 0 Å². The van der Waals surface area contributed by atoms with E-state index in [1.54, 1.807) is 0 Å². The van der Waals surface area contributed by atoms with Crippen molar-refractivity contribution >= 4 is 5.71 Å². The van der Waals surface area contributed by atoms with E-state index in [2.05, 4.69) is 35.3 Å². The van der Waals surface area contributed by atoms with E-state index in [0.717, 1.165) is 6.54 Å². The van der Waals surface area contributed by atoms with Gasteiger partial charge in [-0.2, -0.15) is 0 Å². The van der Waals surface area contributed by atoms with Crippen LogP contribution >= 0.6 is 0 Å². The van der Waals surface area contributed by atoms with Crippen LogP contribution in [0.25, 0.3) is 0 Å². The predicted molar refractivity (Wildman–Crippen MR) is 60.7 cm³/mol. The fourth-order valence-corrected chi connectivity index (χ4v) is 1.90. The molecule has 1 aromatic carbocycles. The second kappa shape index (κ2) is 4.94. The molecule has 1 fully saturated rings. The minimum atomic E-state index is 0.871. The zero-order valence-corrected chi connectivity index (χ0v) is 8.58. The lowest BCUT2D eigenvalue weighted by atomic mass is 9.98. The predicted octanol–water partition coefficient (Wildman–Crippen LogP) is 3.59. The molecule has 1 aliphatic rings. The fraction of sp³-hybridized carbons (Fsp3) is 0.462. The largest absolute Gasteiger partial charge is 0.289 e. The average Bonchev–Trinajstić information content (AvgIpc) is 2.29. The van der Waals surface area contributed by atoms with Crippen molar-refractivity contribution in [2.45, 2.75) is 38.6 Å². The number of aliphatic imine (C=N–C) groups is 1. The van der Waals surface area contributed by atoms with E-state index in [1.165, 1.54) is 43.4 Å². The van der Waals surface area contributed by atoms with Gasteiger partial charge >= 0.3 is 0 Å². The van der Waals surface area contributed by atoms with Crippen LogP contribution in [-0.4, -0.2) is 5.71 Å². The van der Waals surface area contributed by atoms with Crippen LogP contribution in [0, 0.1) is 0 Å². The molecule has 0 heterocycles. The normalized spacial score (nSPS) is 16.7. The quantitative estimate of drug-likeness (QED) is 0.671. The molecule has 0 unspecified atom stereocenters. The number of hydrogen-bond donors (Lipinski definition) is 0. The van der Waals surface area contributed by atoms with Gasteiger partial charge in [-0.1, -0.05) is 36.8 Å². The molecule has 74 valence electrons. The topological polar surface area (TPSA) is 12.4 Å². The Kier molecular flexibility index (Phi) is 3.33. The first-order valence-electron chi connectivity index (χ1n) is 5.51. The van der Waals surface area contributed by atoms with Crippen LogP contribution in [0.2, 0.25) is 0 Å². The molecule has 0 atom stereocenters. The molecular weight excluding hydrogens is 170 g/mol. The highest BCUT2D eigenvalue weighted by atomic mass is 14.7. The van der Waals surface area contributed by atoms with Gasteiger partial charge in [0.05, 0.1) is 6.54 Å². The van der Waals surface area contributed by atoms with Crippen LogP contribution < -0.4 is 0 Å². The van der Waals surface area contributed by atoms with Crippen LogP contribution in [0.15, 0.2) is 35.3 Å². The van der Waals surface area contributed by atoms with Crippen molar-refractivity contribution in [1.82, 2.24) is 0 Å². The summed E-state index contributed by atoms with van der Waals surface area (Å²) >= 11 is 0. The zero-order valence-electron chi connectivity index (χ0n) is 8.58. The lowest BCUT2D eigenvalue weighted by molar-refractivity contribution is 0.663. The van der Waals surface area contributed by atoms with E-state index in [1.807, 2.05) is 0 Å². The standard InChI is InChI=1S/C13H17N/c1-3-7-12(8-4-1)11-14-13-9-5-2-6-10-13/h1,3-4,7-8H,2,5-6,9-11H2.